The van der Waals surface area contributed by atoms with Crippen LogP contribution in [-0.2, 0) is 17.8 Å². The number of ether oxygens (including phenoxy) is 1. The topological polar surface area (TPSA) is 56.3 Å². The highest BCUT2D eigenvalue weighted by molar-refractivity contribution is 5.15. The molecule has 3 rings (SSSR count). The molecule has 2 atom stereocenters. The first-order chi connectivity index (χ1) is 9.46. The summed E-state index contributed by atoms with van der Waals surface area (Å²) >= 11 is 0. The van der Waals surface area contributed by atoms with Crippen LogP contribution in [0.3, 0.4) is 0 Å². The molecule has 2 unspecified atom stereocenters. The van der Waals surface area contributed by atoms with E-state index in [9.17, 15) is 0 Å². The molecule has 2 N–H and O–H groups in total. The van der Waals surface area contributed by atoms with Crippen molar-refractivity contribution in [3.05, 3.63) is 18.2 Å². The van der Waals surface area contributed by atoms with Gasteiger partial charge in [0.2, 0.25) is 0 Å². The SMILES string of the molecule is CCOC1CC(N)(CN2CCn3ccnc3C2)C1(C)C. The monoisotopic (exact) mass is 278 g/mol. The molecule has 2 aliphatic rings. The molecule has 5 nitrogen and oxygen atoms in total. The summed E-state index contributed by atoms with van der Waals surface area (Å²) in [5.74, 6) is 1.15. The van der Waals surface area contributed by atoms with Gasteiger partial charge in [0, 0.05) is 49.6 Å². The van der Waals surface area contributed by atoms with Crippen LogP contribution in [0.2, 0.25) is 0 Å². The van der Waals surface area contributed by atoms with Gasteiger partial charge < -0.3 is 15.0 Å². The van der Waals surface area contributed by atoms with Gasteiger partial charge in [0.1, 0.15) is 5.82 Å². The van der Waals surface area contributed by atoms with Crippen LogP contribution in [0.25, 0.3) is 0 Å². The first-order valence-electron chi connectivity index (χ1n) is 7.59. The van der Waals surface area contributed by atoms with E-state index in [1.54, 1.807) is 0 Å². The summed E-state index contributed by atoms with van der Waals surface area (Å²) in [6.07, 6.45) is 5.20. The molecule has 1 aromatic heterocycles. The predicted molar refractivity (Wildman–Crippen MR) is 78.2 cm³/mol. The Hall–Kier alpha value is -0.910. The van der Waals surface area contributed by atoms with Crippen LogP contribution in [0.15, 0.2) is 12.4 Å². The van der Waals surface area contributed by atoms with Crippen LogP contribution in [0, 0.1) is 5.41 Å². The van der Waals surface area contributed by atoms with E-state index in [0.29, 0.717) is 6.10 Å². The van der Waals surface area contributed by atoms with E-state index in [4.69, 9.17) is 10.5 Å². The van der Waals surface area contributed by atoms with Crippen molar-refractivity contribution in [2.75, 3.05) is 19.7 Å². The Kier molecular flexibility index (Phi) is 3.39. The number of imidazole rings is 1. The Bertz CT molecular complexity index is 484. The van der Waals surface area contributed by atoms with Crippen molar-refractivity contribution in [3.8, 4) is 0 Å². The summed E-state index contributed by atoms with van der Waals surface area (Å²) < 4.78 is 8.04. The van der Waals surface area contributed by atoms with Gasteiger partial charge in [-0.15, -0.1) is 0 Å². The van der Waals surface area contributed by atoms with E-state index in [1.807, 2.05) is 6.20 Å². The minimum atomic E-state index is -0.151. The molecular formula is C15H26N4O. The zero-order chi connectivity index (χ0) is 14.4. The third-order valence-corrected chi connectivity index (χ3v) is 5.34. The van der Waals surface area contributed by atoms with Crippen molar-refractivity contribution in [1.82, 2.24) is 14.5 Å². The van der Waals surface area contributed by atoms with Crippen molar-refractivity contribution in [1.29, 1.82) is 0 Å². The molecule has 0 amide bonds. The van der Waals surface area contributed by atoms with E-state index < -0.39 is 0 Å². The van der Waals surface area contributed by atoms with Crippen molar-refractivity contribution in [2.24, 2.45) is 11.1 Å². The highest BCUT2D eigenvalue weighted by Gasteiger charge is 2.58. The normalized spacial score (nSPS) is 32.7. The van der Waals surface area contributed by atoms with Gasteiger partial charge in [-0.3, -0.25) is 4.90 Å². The first kappa shape index (κ1) is 14.0. The van der Waals surface area contributed by atoms with Gasteiger partial charge in [0.05, 0.1) is 12.6 Å². The maximum Gasteiger partial charge on any atom is 0.122 e. The summed E-state index contributed by atoms with van der Waals surface area (Å²) in [7, 11) is 0. The lowest BCUT2D eigenvalue weighted by atomic mass is 9.54. The number of fused-ring (bicyclic) bond motifs is 1. The van der Waals surface area contributed by atoms with E-state index in [2.05, 4.69) is 41.4 Å². The van der Waals surface area contributed by atoms with Crippen LogP contribution in [0.1, 0.15) is 33.0 Å². The number of rotatable bonds is 4. The molecule has 0 aromatic carbocycles. The molecule has 0 spiro atoms. The number of aromatic nitrogens is 2. The second-order valence-electron chi connectivity index (χ2n) is 6.77. The van der Waals surface area contributed by atoms with Gasteiger partial charge in [0.25, 0.3) is 0 Å². The quantitative estimate of drug-likeness (QED) is 0.900. The van der Waals surface area contributed by atoms with Gasteiger partial charge in [-0.1, -0.05) is 13.8 Å². The summed E-state index contributed by atoms with van der Waals surface area (Å²) in [4.78, 5) is 6.85. The Morgan fingerprint density at radius 3 is 2.95 bits per heavy atom. The molecule has 1 saturated carbocycles. The van der Waals surface area contributed by atoms with Gasteiger partial charge in [-0.25, -0.2) is 4.98 Å². The van der Waals surface area contributed by atoms with Gasteiger partial charge in [-0.2, -0.15) is 0 Å². The minimum absolute atomic E-state index is 0.0376. The Morgan fingerprint density at radius 2 is 2.25 bits per heavy atom. The van der Waals surface area contributed by atoms with Crippen molar-refractivity contribution < 1.29 is 4.74 Å². The van der Waals surface area contributed by atoms with Gasteiger partial charge in [-0.05, 0) is 13.3 Å². The lowest BCUT2D eigenvalue weighted by molar-refractivity contribution is -0.157. The van der Waals surface area contributed by atoms with E-state index >= 15 is 0 Å². The van der Waals surface area contributed by atoms with Crippen LogP contribution in [-0.4, -0.2) is 45.8 Å². The van der Waals surface area contributed by atoms with E-state index in [1.165, 1.54) is 0 Å². The van der Waals surface area contributed by atoms with E-state index in [-0.39, 0.29) is 11.0 Å². The minimum Gasteiger partial charge on any atom is -0.378 e. The molecule has 2 heterocycles. The third-order valence-electron chi connectivity index (χ3n) is 5.34. The molecule has 112 valence electrons. The molecular weight excluding hydrogens is 252 g/mol. The number of hydrogen-bond donors (Lipinski definition) is 1. The zero-order valence-electron chi connectivity index (χ0n) is 12.8. The van der Waals surface area contributed by atoms with Crippen molar-refractivity contribution >= 4 is 0 Å². The highest BCUT2D eigenvalue weighted by atomic mass is 16.5. The Morgan fingerprint density at radius 1 is 1.45 bits per heavy atom. The molecule has 1 fully saturated rings. The third kappa shape index (κ3) is 2.08. The molecule has 1 aromatic rings. The highest BCUT2D eigenvalue weighted by Crippen LogP contribution is 2.50. The predicted octanol–water partition coefficient (Wildman–Crippen LogP) is 1.23. The number of nitrogens with two attached hydrogens (primary N) is 1. The number of nitrogens with zero attached hydrogens (tertiary/aromatic N) is 3. The van der Waals surface area contributed by atoms with Crippen LogP contribution in [0.4, 0.5) is 0 Å². The molecule has 0 bridgehead atoms. The van der Waals surface area contributed by atoms with Crippen LogP contribution in [0.5, 0.6) is 0 Å². The molecule has 0 radical (unpaired) electrons. The number of hydrogen-bond acceptors (Lipinski definition) is 4. The summed E-state index contributed by atoms with van der Waals surface area (Å²) in [6.45, 7) is 11.2. The van der Waals surface area contributed by atoms with E-state index in [0.717, 1.165) is 45.0 Å². The summed E-state index contributed by atoms with van der Waals surface area (Å²) in [5, 5.41) is 0. The largest absolute Gasteiger partial charge is 0.378 e. The summed E-state index contributed by atoms with van der Waals surface area (Å²) in [5.41, 5.74) is 6.56. The first-order valence-corrected chi connectivity index (χ1v) is 7.59. The fourth-order valence-corrected chi connectivity index (χ4v) is 3.53. The fourth-order valence-electron chi connectivity index (χ4n) is 3.53. The second-order valence-corrected chi connectivity index (χ2v) is 6.77. The molecule has 20 heavy (non-hydrogen) atoms. The average Bonchev–Trinajstić information content (AvgIpc) is 2.86. The van der Waals surface area contributed by atoms with Crippen LogP contribution < -0.4 is 5.73 Å². The summed E-state index contributed by atoms with van der Waals surface area (Å²) in [6, 6.07) is 0. The van der Waals surface area contributed by atoms with Crippen molar-refractivity contribution in [2.45, 2.75) is 51.9 Å². The fraction of sp³-hybridized carbons (Fsp3) is 0.800. The standard InChI is InChI=1S/C15H26N4O/c1-4-20-12-9-15(16,14(12,2)3)11-18-7-8-19-6-5-17-13(19)10-18/h5-6,12H,4,7-11,16H2,1-3H3. The maximum absolute atomic E-state index is 6.68. The molecule has 1 aliphatic carbocycles. The zero-order valence-corrected chi connectivity index (χ0v) is 12.8. The lowest BCUT2D eigenvalue weighted by Crippen LogP contribution is -2.73. The van der Waals surface area contributed by atoms with Gasteiger partial charge in [0.15, 0.2) is 0 Å². The lowest BCUT2D eigenvalue weighted by Gasteiger charge is -2.60. The average molecular weight is 278 g/mol. The Labute approximate surface area is 121 Å². The van der Waals surface area contributed by atoms with Gasteiger partial charge >= 0.3 is 0 Å². The molecule has 0 saturated heterocycles. The second kappa shape index (κ2) is 4.83. The molecule has 5 heteroatoms. The molecule has 1 aliphatic heterocycles. The smallest absolute Gasteiger partial charge is 0.122 e. The Balaban J connectivity index is 1.64. The van der Waals surface area contributed by atoms with Crippen LogP contribution >= 0.6 is 0 Å². The maximum atomic E-state index is 6.68. The van der Waals surface area contributed by atoms with Crippen molar-refractivity contribution in [3.63, 3.8) is 0 Å².